The fraction of sp³-hybridized carbons (Fsp3) is 0.375. The maximum Gasteiger partial charge on any atom is 0.289 e. The Kier molecular flexibility index (Phi) is 3.96. The van der Waals surface area contributed by atoms with Crippen molar-refractivity contribution in [2.24, 2.45) is 0 Å². The predicted molar refractivity (Wildman–Crippen MR) is 86.4 cm³/mol. The van der Waals surface area contributed by atoms with E-state index in [9.17, 15) is 4.79 Å². The molecule has 0 aromatic carbocycles. The van der Waals surface area contributed by atoms with Gasteiger partial charge in [0.15, 0.2) is 0 Å². The quantitative estimate of drug-likeness (QED) is 0.767. The molecule has 3 aromatic heterocycles. The van der Waals surface area contributed by atoms with E-state index >= 15 is 0 Å². The van der Waals surface area contributed by atoms with Crippen LogP contribution in [-0.4, -0.2) is 35.8 Å². The Morgan fingerprint density at radius 1 is 1.36 bits per heavy atom. The zero-order valence-corrected chi connectivity index (χ0v) is 13.7. The van der Waals surface area contributed by atoms with E-state index in [1.807, 2.05) is 10.6 Å². The standard InChI is InChI=1S/C16H17N7O2/c1-10(16-19-13(22-25-16)11-5-4-7-17-9-11)18-15(24)14-21-20-12-6-2-3-8-23(12)14/h4-5,7,9-10H,2-3,6,8H2,1H3,(H,18,24)/t10-/m1/s1. The number of rotatable bonds is 4. The van der Waals surface area contributed by atoms with Crippen molar-refractivity contribution in [1.82, 2.24) is 35.2 Å². The second-order valence-corrected chi connectivity index (χ2v) is 5.94. The van der Waals surface area contributed by atoms with Crippen LogP contribution in [-0.2, 0) is 13.0 Å². The monoisotopic (exact) mass is 339 g/mol. The van der Waals surface area contributed by atoms with E-state index in [4.69, 9.17) is 4.52 Å². The molecule has 0 bridgehead atoms. The summed E-state index contributed by atoms with van der Waals surface area (Å²) in [4.78, 5) is 20.9. The number of amides is 1. The summed E-state index contributed by atoms with van der Waals surface area (Å²) in [7, 11) is 0. The Balaban J connectivity index is 1.49. The third-order valence-electron chi connectivity index (χ3n) is 4.14. The van der Waals surface area contributed by atoms with E-state index in [-0.39, 0.29) is 5.91 Å². The summed E-state index contributed by atoms with van der Waals surface area (Å²) in [5, 5.41) is 14.9. The molecule has 1 atom stereocenters. The summed E-state index contributed by atoms with van der Waals surface area (Å²) in [6.07, 6.45) is 6.29. The van der Waals surface area contributed by atoms with Gasteiger partial charge in [-0.2, -0.15) is 4.98 Å². The molecule has 128 valence electrons. The number of carbonyl (C=O) groups is 1. The first-order chi connectivity index (χ1) is 12.2. The summed E-state index contributed by atoms with van der Waals surface area (Å²) in [5.41, 5.74) is 0.752. The van der Waals surface area contributed by atoms with Gasteiger partial charge in [0.2, 0.25) is 17.5 Å². The highest BCUT2D eigenvalue weighted by atomic mass is 16.5. The van der Waals surface area contributed by atoms with E-state index in [0.717, 1.165) is 37.2 Å². The molecule has 0 unspecified atom stereocenters. The van der Waals surface area contributed by atoms with Crippen LogP contribution in [0.3, 0.4) is 0 Å². The average Bonchev–Trinajstić information content (AvgIpc) is 3.30. The fourth-order valence-corrected chi connectivity index (χ4v) is 2.82. The molecule has 25 heavy (non-hydrogen) atoms. The van der Waals surface area contributed by atoms with Gasteiger partial charge in [-0.3, -0.25) is 9.78 Å². The molecule has 0 radical (unpaired) electrons. The van der Waals surface area contributed by atoms with Crippen molar-refractivity contribution in [3.05, 3.63) is 42.1 Å². The molecule has 3 aromatic rings. The Bertz CT molecular complexity index is 887. The van der Waals surface area contributed by atoms with Gasteiger partial charge < -0.3 is 14.4 Å². The first-order valence-corrected chi connectivity index (χ1v) is 8.19. The van der Waals surface area contributed by atoms with E-state index in [0.29, 0.717) is 17.5 Å². The van der Waals surface area contributed by atoms with Gasteiger partial charge in [-0.25, -0.2) is 0 Å². The molecule has 1 amide bonds. The molecular formula is C16H17N7O2. The highest BCUT2D eigenvalue weighted by molar-refractivity contribution is 5.90. The Morgan fingerprint density at radius 3 is 3.12 bits per heavy atom. The number of fused-ring (bicyclic) bond motifs is 1. The van der Waals surface area contributed by atoms with E-state index in [2.05, 4.69) is 30.6 Å². The third kappa shape index (κ3) is 3.00. The highest BCUT2D eigenvalue weighted by Crippen LogP contribution is 2.18. The summed E-state index contributed by atoms with van der Waals surface area (Å²) >= 11 is 0. The van der Waals surface area contributed by atoms with Gasteiger partial charge in [0.05, 0.1) is 0 Å². The van der Waals surface area contributed by atoms with Gasteiger partial charge in [0, 0.05) is 30.9 Å². The molecule has 1 aliphatic rings. The predicted octanol–water partition coefficient (Wildman–Crippen LogP) is 1.55. The Morgan fingerprint density at radius 2 is 2.28 bits per heavy atom. The van der Waals surface area contributed by atoms with Crippen molar-refractivity contribution in [3.8, 4) is 11.4 Å². The van der Waals surface area contributed by atoms with Crippen LogP contribution in [0.1, 0.15) is 48.1 Å². The molecule has 1 N–H and O–H groups in total. The molecule has 0 saturated carbocycles. The number of nitrogens with zero attached hydrogens (tertiary/aromatic N) is 6. The number of carbonyl (C=O) groups excluding carboxylic acids is 1. The van der Waals surface area contributed by atoms with Crippen LogP contribution >= 0.6 is 0 Å². The number of nitrogens with one attached hydrogen (secondary N) is 1. The van der Waals surface area contributed by atoms with E-state index in [1.54, 1.807) is 25.4 Å². The van der Waals surface area contributed by atoms with Crippen molar-refractivity contribution in [2.75, 3.05) is 0 Å². The minimum absolute atomic E-state index is 0.297. The lowest BCUT2D eigenvalue weighted by Gasteiger charge is -2.15. The molecule has 9 nitrogen and oxygen atoms in total. The number of aryl methyl sites for hydroxylation is 1. The number of aromatic nitrogens is 6. The second-order valence-electron chi connectivity index (χ2n) is 5.94. The number of pyridine rings is 1. The van der Waals surface area contributed by atoms with Gasteiger partial charge in [-0.15, -0.1) is 10.2 Å². The zero-order chi connectivity index (χ0) is 17.2. The van der Waals surface area contributed by atoms with Gasteiger partial charge in [0.25, 0.3) is 5.91 Å². The molecule has 4 heterocycles. The van der Waals surface area contributed by atoms with Crippen LogP contribution < -0.4 is 5.32 Å². The lowest BCUT2D eigenvalue weighted by Crippen LogP contribution is -2.30. The normalized spacial score (nSPS) is 14.8. The molecule has 9 heteroatoms. The second kappa shape index (κ2) is 6.42. The van der Waals surface area contributed by atoms with Crippen LogP contribution in [0.25, 0.3) is 11.4 Å². The van der Waals surface area contributed by atoms with Crippen molar-refractivity contribution in [1.29, 1.82) is 0 Å². The third-order valence-corrected chi connectivity index (χ3v) is 4.14. The van der Waals surface area contributed by atoms with Gasteiger partial charge in [0.1, 0.15) is 11.9 Å². The van der Waals surface area contributed by atoms with Crippen LogP contribution in [0.5, 0.6) is 0 Å². The zero-order valence-electron chi connectivity index (χ0n) is 13.7. The van der Waals surface area contributed by atoms with Crippen LogP contribution in [0.4, 0.5) is 0 Å². The van der Waals surface area contributed by atoms with Crippen LogP contribution in [0, 0.1) is 0 Å². The summed E-state index contributed by atoms with van der Waals surface area (Å²) in [6, 6.07) is 3.19. The lowest BCUT2D eigenvalue weighted by molar-refractivity contribution is 0.0916. The highest BCUT2D eigenvalue weighted by Gasteiger charge is 2.24. The van der Waals surface area contributed by atoms with Crippen molar-refractivity contribution in [3.63, 3.8) is 0 Å². The molecule has 1 aliphatic heterocycles. The molecule has 4 rings (SSSR count). The van der Waals surface area contributed by atoms with Crippen LogP contribution in [0.2, 0.25) is 0 Å². The number of hydrogen-bond acceptors (Lipinski definition) is 7. The van der Waals surface area contributed by atoms with Crippen molar-refractivity contribution in [2.45, 2.75) is 38.8 Å². The molecule has 0 saturated heterocycles. The van der Waals surface area contributed by atoms with E-state index < -0.39 is 6.04 Å². The maximum atomic E-state index is 12.5. The van der Waals surface area contributed by atoms with Gasteiger partial charge in [-0.05, 0) is 31.9 Å². The SMILES string of the molecule is C[C@@H](NC(=O)c1nnc2n1CCCC2)c1nc(-c2cccnc2)no1. The topological polar surface area (TPSA) is 112 Å². The first kappa shape index (κ1) is 15.4. The number of hydrogen-bond donors (Lipinski definition) is 1. The van der Waals surface area contributed by atoms with Crippen LogP contribution in [0.15, 0.2) is 29.0 Å². The summed E-state index contributed by atoms with van der Waals surface area (Å²) in [5.74, 6) is 1.65. The smallest absolute Gasteiger partial charge is 0.289 e. The van der Waals surface area contributed by atoms with Gasteiger partial charge >= 0.3 is 0 Å². The summed E-state index contributed by atoms with van der Waals surface area (Å²) < 4.78 is 7.14. The fourth-order valence-electron chi connectivity index (χ4n) is 2.82. The van der Waals surface area contributed by atoms with Crippen molar-refractivity contribution >= 4 is 5.91 Å². The molecule has 0 fully saturated rings. The molecule has 0 spiro atoms. The van der Waals surface area contributed by atoms with E-state index in [1.165, 1.54) is 0 Å². The first-order valence-electron chi connectivity index (χ1n) is 8.19. The minimum atomic E-state index is -0.443. The largest absolute Gasteiger partial charge is 0.338 e. The minimum Gasteiger partial charge on any atom is -0.338 e. The van der Waals surface area contributed by atoms with Gasteiger partial charge in [-0.1, -0.05) is 5.16 Å². The lowest BCUT2D eigenvalue weighted by atomic mass is 10.1. The molecular weight excluding hydrogens is 322 g/mol. The maximum absolute atomic E-state index is 12.5. The average molecular weight is 339 g/mol. The summed E-state index contributed by atoms with van der Waals surface area (Å²) in [6.45, 7) is 2.55. The molecule has 0 aliphatic carbocycles. The Hall–Kier alpha value is -3.10. The Labute approximate surface area is 143 Å². The van der Waals surface area contributed by atoms with Crippen molar-refractivity contribution < 1.29 is 9.32 Å².